The van der Waals surface area contributed by atoms with Crippen molar-refractivity contribution in [2.45, 2.75) is 12.5 Å². The fourth-order valence-corrected chi connectivity index (χ4v) is 3.26. The van der Waals surface area contributed by atoms with Gasteiger partial charge < -0.3 is 15.2 Å². The third-order valence-corrected chi connectivity index (χ3v) is 4.63. The molecule has 24 heavy (non-hydrogen) atoms. The highest BCUT2D eigenvalue weighted by Crippen LogP contribution is 2.28. The van der Waals surface area contributed by atoms with E-state index in [1.807, 2.05) is 18.2 Å². The molecular formula is C17H15N3O3S. The Morgan fingerprint density at radius 1 is 1.25 bits per heavy atom. The standard InChI is InChI=1S/C17H15N3O3S/c21-15(10-2-4-16-11(7-10)5-6-23-16)9-18-17(22)12-1-3-13-14(8-12)20-24-19-13/h1-4,7-8,15,21H,5-6,9H2,(H,18,22)/t15-/m1/s1. The summed E-state index contributed by atoms with van der Waals surface area (Å²) in [4.78, 5) is 12.2. The average Bonchev–Trinajstić information content (AvgIpc) is 3.26. The van der Waals surface area contributed by atoms with E-state index >= 15 is 0 Å². The highest BCUT2D eigenvalue weighted by molar-refractivity contribution is 7.00. The minimum absolute atomic E-state index is 0.145. The van der Waals surface area contributed by atoms with Gasteiger partial charge in [-0.1, -0.05) is 6.07 Å². The van der Waals surface area contributed by atoms with Crippen LogP contribution in [0, 0.1) is 0 Å². The van der Waals surface area contributed by atoms with E-state index in [0.29, 0.717) is 17.7 Å². The summed E-state index contributed by atoms with van der Waals surface area (Å²) in [5.74, 6) is 0.633. The fraction of sp³-hybridized carbons (Fsp3) is 0.235. The van der Waals surface area contributed by atoms with Crippen LogP contribution in [0.2, 0.25) is 0 Å². The predicted molar refractivity (Wildman–Crippen MR) is 90.3 cm³/mol. The summed E-state index contributed by atoms with van der Waals surface area (Å²) in [6, 6.07) is 10.8. The minimum Gasteiger partial charge on any atom is -0.493 e. The van der Waals surface area contributed by atoms with Gasteiger partial charge in [0.05, 0.1) is 24.4 Å². The molecule has 0 fully saturated rings. The molecule has 0 saturated heterocycles. The van der Waals surface area contributed by atoms with Gasteiger partial charge in [-0.2, -0.15) is 8.75 Å². The first kappa shape index (κ1) is 15.0. The van der Waals surface area contributed by atoms with Crippen molar-refractivity contribution in [2.75, 3.05) is 13.2 Å². The van der Waals surface area contributed by atoms with Crippen molar-refractivity contribution in [1.82, 2.24) is 14.1 Å². The monoisotopic (exact) mass is 341 g/mol. The zero-order valence-electron chi connectivity index (χ0n) is 12.7. The Morgan fingerprint density at radius 2 is 2.12 bits per heavy atom. The summed E-state index contributed by atoms with van der Waals surface area (Å²) in [5, 5.41) is 13.1. The van der Waals surface area contributed by atoms with Gasteiger partial charge in [0.15, 0.2) is 0 Å². The van der Waals surface area contributed by atoms with Crippen molar-refractivity contribution >= 4 is 28.7 Å². The van der Waals surface area contributed by atoms with E-state index in [0.717, 1.165) is 40.5 Å². The van der Waals surface area contributed by atoms with Crippen LogP contribution in [0.1, 0.15) is 27.6 Å². The number of amides is 1. The average molecular weight is 341 g/mol. The molecule has 2 N–H and O–H groups in total. The van der Waals surface area contributed by atoms with Crippen molar-refractivity contribution in [3.8, 4) is 5.75 Å². The number of ether oxygens (including phenoxy) is 1. The molecule has 1 aromatic heterocycles. The highest BCUT2D eigenvalue weighted by Gasteiger charge is 2.16. The number of hydrogen-bond acceptors (Lipinski definition) is 6. The van der Waals surface area contributed by atoms with Crippen LogP contribution in [0.3, 0.4) is 0 Å². The van der Waals surface area contributed by atoms with Crippen molar-refractivity contribution in [3.63, 3.8) is 0 Å². The summed E-state index contributed by atoms with van der Waals surface area (Å²) in [5.41, 5.74) is 3.85. The summed E-state index contributed by atoms with van der Waals surface area (Å²) in [7, 11) is 0. The molecule has 1 aliphatic rings. The van der Waals surface area contributed by atoms with E-state index < -0.39 is 6.10 Å². The second-order valence-corrected chi connectivity index (χ2v) is 6.19. The van der Waals surface area contributed by atoms with Crippen LogP contribution >= 0.6 is 11.7 Å². The van der Waals surface area contributed by atoms with E-state index in [9.17, 15) is 9.90 Å². The van der Waals surface area contributed by atoms with E-state index in [2.05, 4.69) is 14.1 Å². The first-order valence-corrected chi connectivity index (χ1v) is 8.38. The molecule has 122 valence electrons. The van der Waals surface area contributed by atoms with Crippen LogP contribution in [0.15, 0.2) is 36.4 Å². The normalized spacial score (nSPS) is 14.2. The summed E-state index contributed by atoms with van der Waals surface area (Å²) in [6.45, 7) is 0.825. The lowest BCUT2D eigenvalue weighted by molar-refractivity contribution is 0.0916. The molecule has 1 atom stereocenters. The lowest BCUT2D eigenvalue weighted by Crippen LogP contribution is -2.28. The van der Waals surface area contributed by atoms with Crippen molar-refractivity contribution in [1.29, 1.82) is 0 Å². The number of nitrogens with zero attached hydrogens (tertiary/aromatic N) is 2. The fourth-order valence-electron chi connectivity index (χ4n) is 2.75. The summed E-state index contributed by atoms with van der Waals surface area (Å²) >= 11 is 1.12. The Morgan fingerprint density at radius 3 is 3.04 bits per heavy atom. The van der Waals surface area contributed by atoms with Crippen LogP contribution in [0.5, 0.6) is 5.75 Å². The maximum atomic E-state index is 12.2. The quantitative estimate of drug-likeness (QED) is 0.759. The van der Waals surface area contributed by atoms with Crippen LogP contribution in [0.25, 0.3) is 11.0 Å². The summed E-state index contributed by atoms with van der Waals surface area (Å²) < 4.78 is 13.7. The number of aliphatic hydroxyl groups is 1. The smallest absolute Gasteiger partial charge is 0.251 e. The van der Waals surface area contributed by atoms with Gasteiger partial charge in [0.25, 0.3) is 5.91 Å². The largest absolute Gasteiger partial charge is 0.493 e. The number of hydrogen-bond donors (Lipinski definition) is 2. The second kappa shape index (κ2) is 6.18. The maximum Gasteiger partial charge on any atom is 0.251 e. The number of aliphatic hydroxyl groups excluding tert-OH is 1. The summed E-state index contributed by atoms with van der Waals surface area (Å²) in [6.07, 6.45) is 0.0914. The van der Waals surface area contributed by atoms with Crippen molar-refractivity contribution in [3.05, 3.63) is 53.1 Å². The number of aromatic nitrogens is 2. The van der Waals surface area contributed by atoms with Crippen LogP contribution < -0.4 is 10.1 Å². The number of benzene rings is 2. The molecule has 1 amide bonds. The minimum atomic E-state index is -0.760. The van der Waals surface area contributed by atoms with E-state index in [1.54, 1.807) is 18.2 Å². The first-order chi connectivity index (χ1) is 11.7. The molecule has 1 aliphatic heterocycles. The number of rotatable bonds is 4. The van der Waals surface area contributed by atoms with Gasteiger partial charge in [-0.15, -0.1) is 0 Å². The van der Waals surface area contributed by atoms with Crippen molar-refractivity contribution < 1.29 is 14.6 Å². The van der Waals surface area contributed by atoms with Gasteiger partial charge in [-0.05, 0) is 41.5 Å². The molecule has 0 aliphatic carbocycles. The second-order valence-electron chi connectivity index (χ2n) is 5.66. The third kappa shape index (κ3) is 2.83. The topological polar surface area (TPSA) is 84.3 Å². The van der Waals surface area contributed by atoms with Gasteiger partial charge >= 0.3 is 0 Å². The van der Waals surface area contributed by atoms with E-state index in [4.69, 9.17) is 4.74 Å². The predicted octanol–water partition coefficient (Wildman–Crippen LogP) is 2.09. The van der Waals surface area contributed by atoms with Gasteiger partial charge in [-0.25, -0.2) is 0 Å². The van der Waals surface area contributed by atoms with E-state index in [1.165, 1.54) is 0 Å². The number of carbonyl (C=O) groups is 1. The van der Waals surface area contributed by atoms with E-state index in [-0.39, 0.29) is 12.5 Å². The highest BCUT2D eigenvalue weighted by atomic mass is 32.1. The van der Waals surface area contributed by atoms with Gasteiger partial charge in [0, 0.05) is 18.5 Å². The molecule has 2 heterocycles. The Balaban J connectivity index is 1.42. The lowest BCUT2D eigenvalue weighted by atomic mass is 10.0. The Bertz CT molecular complexity index is 909. The Labute approximate surface area is 142 Å². The van der Waals surface area contributed by atoms with Gasteiger partial charge in [0.2, 0.25) is 0 Å². The molecular weight excluding hydrogens is 326 g/mol. The van der Waals surface area contributed by atoms with Crippen LogP contribution in [-0.4, -0.2) is 32.9 Å². The number of fused-ring (bicyclic) bond motifs is 2. The Kier molecular flexibility index (Phi) is 3.87. The SMILES string of the molecule is O=C(NC[C@@H](O)c1ccc2c(c1)CCO2)c1ccc2nsnc2c1. The molecule has 2 aromatic carbocycles. The zero-order valence-corrected chi connectivity index (χ0v) is 13.5. The Hall–Kier alpha value is -2.51. The molecule has 4 rings (SSSR count). The van der Waals surface area contributed by atoms with Gasteiger partial charge in [0.1, 0.15) is 16.8 Å². The molecule has 0 bridgehead atoms. The zero-order chi connectivity index (χ0) is 16.5. The molecule has 0 unspecified atom stereocenters. The first-order valence-electron chi connectivity index (χ1n) is 7.65. The molecule has 7 heteroatoms. The van der Waals surface area contributed by atoms with Gasteiger partial charge in [-0.3, -0.25) is 4.79 Å². The molecule has 0 spiro atoms. The molecule has 0 saturated carbocycles. The lowest BCUT2D eigenvalue weighted by Gasteiger charge is -2.13. The maximum absolute atomic E-state index is 12.2. The molecule has 3 aromatic rings. The van der Waals surface area contributed by atoms with Crippen LogP contribution in [-0.2, 0) is 6.42 Å². The number of nitrogens with one attached hydrogen (secondary N) is 1. The third-order valence-electron chi connectivity index (χ3n) is 4.07. The molecule has 0 radical (unpaired) electrons. The van der Waals surface area contributed by atoms with Crippen LogP contribution in [0.4, 0.5) is 0 Å². The number of carbonyl (C=O) groups excluding carboxylic acids is 1. The van der Waals surface area contributed by atoms with Crippen molar-refractivity contribution in [2.24, 2.45) is 0 Å². The molecule has 6 nitrogen and oxygen atoms in total.